The molecule has 0 unspecified atom stereocenters. The van der Waals surface area contributed by atoms with Crippen LogP contribution in [0.1, 0.15) is 11.1 Å². The molecule has 1 aromatic heterocycles. The monoisotopic (exact) mass is 294 g/mol. The molecule has 0 bridgehead atoms. The average Bonchev–Trinajstić information content (AvgIpc) is 2.73. The maximum absolute atomic E-state index is 8.65. The first kappa shape index (κ1) is 11.0. The molecule has 0 aliphatic rings. The molecular weight excluding hydrogens is 288 g/mol. The minimum Gasteiger partial charge on any atom is -0.356 e. The number of hydrogen-bond donors (Lipinski definition) is 1. The summed E-state index contributed by atoms with van der Waals surface area (Å²) in [5.41, 5.74) is 1.77. The molecule has 1 N–H and O–H groups in total. The van der Waals surface area contributed by atoms with E-state index < -0.39 is 0 Å². The van der Waals surface area contributed by atoms with E-state index in [1.807, 2.05) is 12.1 Å². The van der Waals surface area contributed by atoms with Gasteiger partial charge in [-0.05, 0) is 33.6 Å². The molecule has 6 heteroatoms. The third kappa shape index (κ3) is 2.78. The molecule has 2 aromatic rings. The van der Waals surface area contributed by atoms with Crippen LogP contribution in [-0.2, 0) is 6.54 Å². The van der Waals surface area contributed by atoms with Gasteiger partial charge in [-0.3, -0.25) is 0 Å². The summed E-state index contributed by atoms with van der Waals surface area (Å²) in [5, 5.41) is 20.3. The van der Waals surface area contributed by atoms with Crippen molar-refractivity contribution in [1.82, 2.24) is 10.2 Å². The molecule has 0 amide bonds. The fourth-order valence-corrected chi connectivity index (χ4v) is 2.16. The van der Waals surface area contributed by atoms with Gasteiger partial charge in [-0.25, -0.2) is 0 Å². The van der Waals surface area contributed by atoms with Gasteiger partial charge >= 0.3 is 0 Å². The molecule has 0 radical (unpaired) electrons. The normalized spacial score (nSPS) is 9.75. The molecule has 0 aliphatic carbocycles. The Kier molecular flexibility index (Phi) is 3.49. The van der Waals surface area contributed by atoms with E-state index in [9.17, 15) is 0 Å². The third-order valence-corrected chi connectivity index (χ3v) is 3.24. The van der Waals surface area contributed by atoms with E-state index in [4.69, 9.17) is 5.26 Å². The molecule has 1 aromatic carbocycles. The lowest BCUT2D eigenvalue weighted by atomic mass is 10.1. The van der Waals surface area contributed by atoms with Gasteiger partial charge in [0, 0.05) is 6.54 Å². The van der Waals surface area contributed by atoms with Crippen molar-refractivity contribution in [2.75, 3.05) is 5.32 Å². The molecule has 0 fully saturated rings. The molecule has 80 valence electrons. The molecule has 1 heterocycles. The van der Waals surface area contributed by atoms with Crippen LogP contribution in [0.25, 0.3) is 0 Å². The van der Waals surface area contributed by atoms with E-state index in [1.54, 1.807) is 12.1 Å². The standard InChI is InChI=1S/C10H7BrN4S/c11-9-14-15-10(16-9)13-6-8-3-1-7(5-12)2-4-8/h1-4H,6H2,(H,13,15). The number of nitrogens with one attached hydrogen (secondary N) is 1. The van der Waals surface area contributed by atoms with Crippen LogP contribution in [0, 0.1) is 11.3 Å². The molecule has 0 atom stereocenters. The quantitative estimate of drug-likeness (QED) is 0.945. The van der Waals surface area contributed by atoms with Crippen molar-refractivity contribution in [3.05, 3.63) is 39.3 Å². The Labute approximate surface area is 105 Å². The second-order valence-corrected chi connectivity index (χ2v) is 5.28. The largest absolute Gasteiger partial charge is 0.356 e. The van der Waals surface area contributed by atoms with E-state index in [2.05, 4.69) is 37.5 Å². The van der Waals surface area contributed by atoms with E-state index in [1.165, 1.54) is 11.3 Å². The van der Waals surface area contributed by atoms with Crippen molar-refractivity contribution < 1.29 is 0 Å². The van der Waals surface area contributed by atoms with E-state index in [0.717, 1.165) is 14.6 Å². The van der Waals surface area contributed by atoms with E-state index in [-0.39, 0.29) is 0 Å². The smallest absolute Gasteiger partial charge is 0.206 e. The topological polar surface area (TPSA) is 61.6 Å². The lowest BCUT2D eigenvalue weighted by Gasteiger charge is -2.01. The zero-order chi connectivity index (χ0) is 11.4. The van der Waals surface area contributed by atoms with Crippen molar-refractivity contribution in [2.24, 2.45) is 0 Å². The van der Waals surface area contributed by atoms with Crippen molar-refractivity contribution in [3.8, 4) is 6.07 Å². The van der Waals surface area contributed by atoms with Gasteiger partial charge in [0.05, 0.1) is 11.6 Å². The number of aromatic nitrogens is 2. The predicted octanol–water partition coefficient (Wildman–Crippen LogP) is 2.78. The second kappa shape index (κ2) is 5.05. The Morgan fingerprint density at radius 3 is 2.62 bits per heavy atom. The third-order valence-electron chi connectivity index (χ3n) is 1.93. The van der Waals surface area contributed by atoms with Gasteiger partial charge in [0.2, 0.25) is 5.13 Å². The van der Waals surface area contributed by atoms with Crippen molar-refractivity contribution >= 4 is 32.4 Å². The molecule has 0 saturated carbocycles. The number of hydrogen-bond acceptors (Lipinski definition) is 5. The number of halogens is 1. The number of nitriles is 1. The van der Waals surface area contributed by atoms with Crippen LogP contribution in [-0.4, -0.2) is 10.2 Å². The molecule has 0 aliphatic heterocycles. The highest BCUT2D eigenvalue weighted by Crippen LogP contribution is 2.20. The lowest BCUT2D eigenvalue weighted by molar-refractivity contribution is 1.04. The molecule has 0 spiro atoms. The van der Waals surface area contributed by atoms with Gasteiger partial charge in [-0.15, -0.1) is 10.2 Å². The zero-order valence-electron chi connectivity index (χ0n) is 8.14. The van der Waals surface area contributed by atoms with Crippen LogP contribution < -0.4 is 5.32 Å². The van der Waals surface area contributed by atoms with Crippen molar-refractivity contribution in [2.45, 2.75) is 6.54 Å². The fourth-order valence-electron chi connectivity index (χ4n) is 1.15. The first-order valence-electron chi connectivity index (χ1n) is 4.50. The SMILES string of the molecule is N#Cc1ccc(CNc2nnc(Br)s2)cc1. The molecular formula is C10H7BrN4S. The van der Waals surface area contributed by atoms with Crippen LogP contribution in [0.4, 0.5) is 5.13 Å². The summed E-state index contributed by atoms with van der Waals surface area (Å²) in [6, 6.07) is 9.52. The van der Waals surface area contributed by atoms with E-state index in [0.29, 0.717) is 12.1 Å². The van der Waals surface area contributed by atoms with Gasteiger partial charge in [-0.2, -0.15) is 5.26 Å². The molecule has 16 heavy (non-hydrogen) atoms. The van der Waals surface area contributed by atoms with Crippen molar-refractivity contribution in [3.63, 3.8) is 0 Å². The maximum Gasteiger partial charge on any atom is 0.206 e. The maximum atomic E-state index is 8.65. The van der Waals surface area contributed by atoms with Crippen LogP contribution in [0.15, 0.2) is 28.2 Å². The second-order valence-electron chi connectivity index (χ2n) is 3.02. The fraction of sp³-hybridized carbons (Fsp3) is 0.100. The summed E-state index contributed by atoms with van der Waals surface area (Å²) in [7, 11) is 0. The predicted molar refractivity (Wildman–Crippen MR) is 66.1 cm³/mol. The highest BCUT2D eigenvalue weighted by atomic mass is 79.9. The van der Waals surface area contributed by atoms with Crippen LogP contribution in [0.2, 0.25) is 0 Å². The molecule has 0 saturated heterocycles. The minimum atomic E-state index is 0.669. The van der Waals surface area contributed by atoms with Crippen LogP contribution in [0.5, 0.6) is 0 Å². The highest BCUT2D eigenvalue weighted by molar-refractivity contribution is 9.11. The summed E-state index contributed by atoms with van der Waals surface area (Å²) in [5.74, 6) is 0. The lowest BCUT2D eigenvalue weighted by Crippen LogP contribution is -1.98. The number of nitrogens with zero attached hydrogens (tertiary/aromatic N) is 3. The summed E-state index contributed by atoms with van der Waals surface area (Å²) < 4.78 is 0.759. The summed E-state index contributed by atoms with van der Waals surface area (Å²) >= 11 is 4.69. The van der Waals surface area contributed by atoms with Gasteiger partial charge in [0.1, 0.15) is 0 Å². The molecule has 4 nitrogen and oxygen atoms in total. The summed E-state index contributed by atoms with van der Waals surface area (Å²) in [6.07, 6.45) is 0. The Hall–Kier alpha value is -1.45. The van der Waals surface area contributed by atoms with Crippen LogP contribution in [0.3, 0.4) is 0 Å². The van der Waals surface area contributed by atoms with Crippen molar-refractivity contribution in [1.29, 1.82) is 5.26 Å². The van der Waals surface area contributed by atoms with E-state index >= 15 is 0 Å². The Bertz CT molecular complexity index is 514. The van der Waals surface area contributed by atoms with Crippen LogP contribution >= 0.6 is 27.3 Å². The average molecular weight is 295 g/mol. The zero-order valence-corrected chi connectivity index (χ0v) is 10.5. The van der Waals surface area contributed by atoms with Gasteiger partial charge < -0.3 is 5.32 Å². The first-order chi connectivity index (χ1) is 7.78. The van der Waals surface area contributed by atoms with Gasteiger partial charge in [0.25, 0.3) is 0 Å². The number of anilines is 1. The van der Waals surface area contributed by atoms with Gasteiger partial charge in [0.15, 0.2) is 3.92 Å². The van der Waals surface area contributed by atoms with Gasteiger partial charge in [-0.1, -0.05) is 23.5 Å². The number of benzene rings is 1. The molecule has 2 rings (SSSR count). The number of rotatable bonds is 3. The Balaban J connectivity index is 1.97. The summed E-state index contributed by atoms with van der Waals surface area (Å²) in [4.78, 5) is 0. The highest BCUT2D eigenvalue weighted by Gasteiger charge is 2.00. The minimum absolute atomic E-state index is 0.669. The summed E-state index contributed by atoms with van der Waals surface area (Å²) in [6.45, 7) is 0.674. The Morgan fingerprint density at radius 1 is 1.31 bits per heavy atom. The Morgan fingerprint density at radius 2 is 2.06 bits per heavy atom. The first-order valence-corrected chi connectivity index (χ1v) is 6.11.